The number of pyridine rings is 1. The van der Waals surface area contributed by atoms with Gasteiger partial charge >= 0.3 is 0 Å². The van der Waals surface area contributed by atoms with E-state index in [0.717, 1.165) is 47.6 Å². The van der Waals surface area contributed by atoms with E-state index in [1.807, 2.05) is 48.3 Å². The highest BCUT2D eigenvalue weighted by molar-refractivity contribution is 6.20. The van der Waals surface area contributed by atoms with Gasteiger partial charge in [-0.1, -0.05) is 12.6 Å². The third-order valence-corrected chi connectivity index (χ3v) is 5.33. The molecule has 1 atom stereocenters. The third-order valence-electron chi connectivity index (χ3n) is 5.33. The molecule has 0 bridgehead atoms. The Bertz CT molecular complexity index is 1180. The second-order valence-corrected chi connectivity index (χ2v) is 7.49. The van der Waals surface area contributed by atoms with E-state index in [2.05, 4.69) is 37.1 Å². The van der Waals surface area contributed by atoms with Crippen molar-refractivity contribution >= 4 is 24.2 Å². The third kappa shape index (κ3) is 4.57. The average Bonchev–Trinajstić information content (AvgIpc) is 3.34. The van der Waals surface area contributed by atoms with Gasteiger partial charge in [0, 0.05) is 56.8 Å². The Morgan fingerprint density at radius 2 is 2.29 bits per heavy atom. The molecule has 0 aromatic carbocycles. The molecule has 4 rings (SSSR count). The highest BCUT2D eigenvalue weighted by Gasteiger charge is 2.18. The number of β-amino-alcohol motifs (C(OH)–C–C–N with tert-alkyl or cyclic N) is 1. The normalized spacial score (nSPS) is 18.4. The zero-order valence-electron chi connectivity index (χ0n) is 17.9. The number of aryl methyl sites for hydroxylation is 1. The number of anilines is 1. The van der Waals surface area contributed by atoms with Gasteiger partial charge in [0.25, 0.3) is 0 Å². The van der Waals surface area contributed by atoms with E-state index in [0.29, 0.717) is 24.1 Å². The summed E-state index contributed by atoms with van der Waals surface area (Å²) in [5, 5.41) is 26.7. The molecule has 162 valence electrons. The Morgan fingerprint density at radius 1 is 1.42 bits per heavy atom. The number of hydrogen-bond donors (Lipinski definition) is 3. The van der Waals surface area contributed by atoms with Crippen LogP contribution >= 0.6 is 0 Å². The summed E-state index contributed by atoms with van der Waals surface area (Å²) in [5.41, 5.74) is 3.18. The average molecular weight is 421 g/mol. The van der Waals surface area contributed by atoms with Gasteiger partial charge in [0.1, 0.15) is 11.5 Å². The lowest BCUT2D eigenvalue weighted by Gasteiger charge is -2.23. The maximum atomic E-state index is 10.1. The van der Waals surface area contributed by atoms with Gasteiger partial charge in [0.2, 0.25) is 0 Å². The summed E-state index contributed by atoms with van der Waals surface area (Å²) >= 11 is 0. The minimum absolute atomic E-state index is 0.430. The molecule has 3 aromatic rings. The molecule has 0 aliphatic carbocycles. The monoisotopic (exact) mass is 420 g/mol. The van der Waals surface area contributed by atoms with Crippen LogP contribution in [-0.2, 0) is 6.54 Å². The van der Waals surface area contributed by atoms with Crippen LogP contribution in [-0.4, -0.2) is 75.1 Å². The van der Waals surface area contributed by atoms with Gasteiger partial charge in [0.15, 0.2) is 0 Å². The molecular formula is C22H28N8O. The molecule has 0 amide bonds. The van der Waals surface area contributed by atoms with Crippen molar-refractivity contribution in [3.8, 4) is 11.4 Å². The van der Waals surface area contributed by atoms with Gasteiger partial charge in [-0.05, 0) is 25.1 Å². The first-order valence-corrected chi connectivity index (χ1v) is 10.4. The molecule has 9 nitrogen and oxygen atoms in total. The summed E-state index contributed by atoms with van der Waals surface area (Å²) in [7, 11) is 1.76. The van der Waals surface area contributed by atoms with Crippen LogP contribution in [0.4, 0.5) is 5.82 Å². The first-order valence-electron chi connectivity index (χ1n) is 10.4. The van der Waals surface area contributed by atoms with Gasteiger partial charge in [-0.3, -0.25) is 14.8 Å². The summed E-state index contributed by atoms with van der Waals surface area (Å²) in [6, 6.07) is 5.85. The predicted octanol–water partition coefficient (Wildman–Crippen LogP) is -0.231. The van der Waals surface area contributed by atoms with Crippen molar-refractivity contribution in [2.24, 2.45) is 4.99 Å². The van der Waals surface area contributed by atoms with Crippen molar-refractivity contribution in [1.82, 2.24) is 30.3 Å². The molecule has 31 heavy (non-hydrogen) atoms. The Hall–Kier alpha value is -3.30. The van der Waals surface area contributed by atoms with Crippen LogP contribution in [0.1, 0.15) is 12.5 Å². The number of nitrogens with one attached hydrogen (secondary N) is 2. The first-order chi connectivity index (χ1) is 15.1. The van der Waals surface area contributed by atoms with Crippen molar-refractivity contribution in [3.63, 3.8) is 0 Å². The fraction of sp³-hybridized carbons (Fsp3) is 0.364. The standard InChI is InChI=1S/C22H28N8O/c1-4-30-13-16(11-25-30)20(23-3)10-18-15(2)27-28-22(18)19-6-5-7-21(26-19)29-9-8-24-12-17(31)14-29/h5-7,10-11,13,17,24,27,31H,2,4,8-9,12,14H2,1,3H3/b18-10+,23-20?/t17-/m0/s1. The van der Waals surface area contributed by atoms with Crippen LogP contribution in [0.3, 0.4) is 0 Å². The minimum atomic E-state index is -0.430. The van der Waals surface area contributed by atoms with E-state index in [-0.39, 0.29) is 0 Å². The van der Waals surface area contributed by atoms with Crippen LogP contribution < -0.4 is 20.8 Å². The zero-order chi connectivity index (χ0) is 21.8. The molecule has 4 heterocycles. The Balaban J connectivity index is 1.72. The van der Waals surface area contributed by atoms with Crippen LogP contribution in [0.2, 0.25) is 0 Å². The van der Waals surface area contributed by atoms with Crippen LogP contribution in [0.25, 0.3) is 24.0 Å². The van der Waals surface area contributed by atoms with Crippen LogP contribution in [0.5, 0.6) is 0 Å². The largest absolute Gasteiger partial charge is 0.390 e. The van der Waals surface area contributed by atoms with E-state index in [4.69, 9.17) is 4.98 Å². The summed E-state index contributed by atoms with van der Waals surface area (Å²) in [6.45, 7) is 9.65. The maximum Gasteiger partial charge on any atom is 0.129 e. The molecule has 3 N–H and O–H groups in total. The number of aromatic amines is 1. The fourth-order valence-electron chi connectivity index (χ4n) is 3.65. The molecule has 0 radical (unpaired) electrons. The van der Waals surface area contributed by atoms with Gasteiger partial charge < -0.3 is 15.3 Å². The summed E-state index contributed by atoms with van der Waals surface area (Å²) < 4.78 is 1.87. The lowest BCUT2D eigenvalue weighted by Crippen LogP contribution is -2.33. The van der Waals surface area contributed by atoms with Crippen LogP contribution in [0.15, 0.2) is 35.6 Å². The van der Waals surface area contributed by atoms with E-state index in [1.54, 1.807) is 7.05 Å². The van der Waals surface area contributed by atoms with Gasteiger partial charge in [0.05, 0.1) is 29.1 Å². The number of H-pyrrole nitrogens is 1. The second-order valence-electron chi connectivity index (χ2n) is 7.49. The fourth-order valence-corrected chi connectivity index (χ4v) is 3.65. The first kappa shape index (κ1) is 21.0. The Morgan fingerprint density at radius 3 is 3.06 bits per heavy atom. The van der Waals surface area contributed by atoms with E-state index < -0.39 is 6.10 Å². The Labute approximate surface area is 180 Å². The summed E-state index contributed by atoms with van der Waals surface area (Å²) in [5.74, 6) is 0.813. The molecule has 0 spiro atoms. The molecule has 1 saturated heterocycles. The van der Waals surface area contributed by atoms with Gasteiger partial charge in [-0.25, -0.2) is 4.98 Å². The van der Waals surface area contributed by atoms with E-state index >= 15 is 0 Å². The smallest absolute Gasteiger partial charge is 0.129 e. The van der Waals surface area contributed by atoms with Crippen molar-refractivity contribution in [3.05, 3.63) is 46.7 Å². The highest BCUT2D eigenvalue weighted by atomic mass is 16.3. The highest BCUT2D eigenvalue weighted by Crippen LogP contribution is 2.17. The van der Waals surface area contributed by atoms with Crippen molar-refractivity contribution in [1.29, 1.82) is 0 Å². The van der Waals surface area contributed by atoms with Crippen molar-refractivity contribution in [2.75, 3.05) is 38.1 Å². The van der Waals surface area contributed by atoms with E-state index in [9.17, 15) is 5.11 Å². The number of aliphatic imine (C=N–C) groups is 1. The number of aromatic nitrogens is 5. The molecule has 1 fully saturated rings. The van der Waals surface area contributed by atoms with Crippen LogP contribution in [0, 0.1) is 0 Å². The molecule has 1 aliphatic rings. The quantitative estimate of drug-likeness (QED) is 0.492. The SMILES string of the molecule is C=c1[nH]nc(-c2cccc(N3CCNC[C@H](O)C3)n2)/c1=C/C(=NC)c1cnn(CC)c1. The number of hydrogen-bond acceptors (Lipinski definition) is 7. The van der Waals surface area contributed by atoms with Crippen molar-refractivity contribution < 1.29 is 5.11 Å². The number of nitrogens with zero attached hydrogens (tertiary/aromatic N) is 6. The maximum absolute atomic E-state index is 10.1. The van der Waals surface area contributed by atoms with Gasteiger partial charge in [-0.2, -0.15) is 10.2 Å². The minimum Gasteiger partial charge on any atom is -0.390 e. The number of rotatable bonds is 5. The Kier molecular flexibility index (Phi) is 6.24. The van der Waals surface area contributed by atoms with Crippen molar-refractivity contribution in [2.45, 2.75) is 19.6 Å². The molecule has 9 heteroatoms. The topological polar surface area (TPSA) is 107 Å². The summed E-state index contributed by atoms with van der Waals surface area (Å²) in [4.78, 5) is 11.4. The predicted molar refractivity (Wildman–Crippen MR) is 123 cm³/mol. The van der Waals surface area contributed by atoms with E-state index in [1.165, 1.54) is 0 Å². The number of aliphatic hydroxyl groups is 1. The lowest BCUT2D eigenvalue weighted by atomic mass is 10.1. The zero-order valence-corrected chi connectivity index (χ0v) is 17.9. The molecule has 0 saturated carbocycles. The molecule has 0 unspecified atom stereocenters. The molecule has 3 aromatic heterocycles. The molecular weight excluding hydrogens is 392 g/mol. The second kappa shape index (κ2) is 9.23. The molecule has 1 aliphatic heterocycles. The number of aliphatic hydroxyl groups excluding tert-OH is 1. The summed E-state index contributed by atoms with van der Waals surface area (Å²) in [6.07, 6.45) is 5.31. The lowest BCUT2D eigenvalue weighted by molar-refractivity contribution is 0.184. The van der Waals surface area contributed by atoms with Gasteiger partial charge in [-0.15, -0.1) is 0 Å².